The van der Waals surface area contributed by atoms with Crippen molar-refractivity contribution in [1.29, 1.82) is 0 Å². The number of piperazine rings is 1. The summed E-state index contributed by atoms with van der Waals surface area (Å²) in [6, 6.07) is 12.2. The van der Waals surface area contributed by atoms with Crippen molar-refractivity contribution in [3.05, 3.63) is 64.5 Å². The van der Waals surface area contributed by atoms with E-state index in [4.69, 9.17) is 0 Å². The van der Waals surface area contributed by atoms with Gasteiger partial charge < -0.3 is 9.47 Å². The van der Waals surface area contributed by atoms with Gasteiger partial charge in [-0.05, 0) is 36.7 Å². The molecule has 1 aromatic carbocycles. The molecular weight excluding hydrogens is 342 g/mol. The molecule has 2 aromatic heterocycles. The first-order chi connectivity index (χ1) is 12.7. The van der Waals surface area contributed by atoms with E-state index in [1.54, 1.807) is 6.08 Å². The number of aromatic nitrogens is 1. The molecular formula is C21H23N3OS. The van der Waals surface area contributed by atoms with Gasteiger partial charge in [-0.25, -0.2) is 0 Å². The number of hydrogen-bond donors (Lipinski definition) is 0. The number of nitrogens with zero attached hydrogens (tertiary/aromatic N) is 3. The van der Waals surface area contributed by atoms with E-state index >= 15 is 0 Å². The van der Waals surface area contributed by atoms with Crippen LogP contribution in [0.5, 0.6) is 0 Å². The van der Waals surface area contributed by atoms with Crippen LogP contribution in [0.2, 0.25) is 0 Å². The molecule has 1 saturated heterocycles. The third kappa shape index (κ3) is 3.65. The third-order valence-corrected chi connectivity index (χ3v) is 5.83. The lowest BCUT2D eigenvalue weighted by Crippen LogP contribution is -2.44. The lowest BCUT2D eigenvalue weighted by atomic mass is 10.1. The number of carbonyl (C=O) groups excluding carboxylic acids is 1. The Hall–Kier alpha value is -2.21. The van der Waals surface area contributed by atoms with Crippen molar-refractivity contribution in [2.24, 2.45) is 0 Å². The summed E-state index contributed by atoms with van der Waals surface area (Å²) in [7, 11) is 2.18. The zero-order valence-corrected chi connectivity index (χ0v) is 15.8. The van der Waals surface area contributed by atoms with E-state index in [2.05, 4.69) is 51.9 Å². The monoisotopic (exact) mass is 365 g/mol. The summed E-state index contributed by atoms with van der Waals surface area (Å²) in [6.07, 6.45) is 5.81. The summed E-state index contributed by atoms with van der Waals surface area (Å²) in [5.41, 5.74) is 2.31. The van der Waals surface area contributed by atoms with Gasteiger partial charge in [-0.1, -0.05) is 24.3 Å². The Bertz CT molecular complexity index is 918. The number of carbonyl (C=O) groups is 1. The normalized spacial score (nSPS) is 16.7. The minimum Gasteiger partial charge on any atom is -0.333 e. The molecule has 4 rings (SSSR count). The predicted octanol–water partition coefficient (Wildman–Crippen LogP) is 3.80. The van der Waals surface area contributed by atoms with Gasteiger partial charge in [-0.2, -0.15) is 0 Å². The van der Waals surface area contributed by atoms with Gasteiger partial charge in [0.15, 0.2) is 5.78 Å². The van der Waals surface area contributed by atoms with Gasteiger partial charge in [-0.3, -0.25) is 9.69 Å². The van der Waals surface area contributed by atoms with Crippen LogP contribution in [0.15, 0.2) is 54.1 Å². The van der Waals surface area contributed by atoms with Gasteiger partial charge >= 0.3 is 0 Å². The molecule has 0 spiro atoms. The van der Waals surface area contributed by atoms with Crippen molar-refractivity contribution in [2.45, 2.75) is 6.67 Å². The Balaban J connectivity index is 1.58. The molecule has 5 heteroatoms. The van der Waals surface area contributed by atoms with Crippen molar-refractivity contribution < 1.29 is 4.79 Å². The predicted molar refractivity (Wildman–Crippen MR) is 109 cm³/mol. The quantitative estimate of drug-likeness (QED) is 0.509. The maximum Gasteiger partial charge on any atom is 0.195 e. The first-order valence-electron chi connectivity index (χ1n) is 8.95. The number of thiophene rings is 1. The lowest BCUT2D eigenvalue weighted by molar-refractivity contribution is 0.105. The Kier molecular flexibility index (Phi) is 5.02. The molecule has 0 amide bonds. The van der Waals surface area contributed by atoms with Gasteiger partial charge in [0.1, 0.15) is 0 Å². The fraction of sp³-hybridized carbons (Fsp3) is 0.286. The largest absolute Gasteiger partial charge is 0.333 e. The van der Waals surface area contributed by atoms with E-state index in [9.17, 15) is 4.79 Å². The second-order valence-electron chi connectivity index (χ2n) is 6.81. The highest BCUT2D eigenvalue weighted by molar-refractivity contribution is 7.12. The van der Waals surface area contributed by atoms with Gasteiger partial charge in [0.05, 0.1) is 11.5 Å². The van der Waals surface area contributed by atoms with Crippen LogP contribution < -0.4 is 0 Å². The smallest absolute Gasteiger partial charge is 0.195 e. The van der Waals surface area contributed by atoms with E-state index in [1.165, 1.54) is 22.2 Å². The molecule has 0 saturated carbocycles. The van der Waals surface area contributed by atoms with Gasteiger partial charge in [0.25, 0.3) is 0 Å². The van der Waals surface area contributed by atoms with Crippen LogP contribution in [0.3, 0.4) is 0 Å². The zero-order chi connectivity index (χ0) is 17.9. The molecule has 0 N–H and O–H groups in total. The third-order valence-electron chi connectivity index (χ3n) is 4.95. The van der Waals surface area contributed by atoms with E-state index in [-0.39, 0.29) is 5.78 Å². The maximum atomic E-state index is 12.3. The number of ketones is 1. The molecule has 0 radical (unpaired) electrons. The Labute approximate surface area is 157 Å². The molecule has 0 bridgehead atoms. The minimum absolute atomic E-state index is 0.0656. The van der Waals surface area contributed by atoms with Crippen molar-refractivity contribution in [1.82, 2.24) is 14.4 Å². The molecule has 26 heavy (non-hydrogen) atoms. The molecule has 4 nitrogen and oxygen atoms in total. The number of allylic oxidation sites excluding steroid dienone is 1. The van der Waals surface area contributed by atoms with E-state index < -0.39 is 0 Å². The van der Waals surface area contributed by atoms with Crippen molar-refractivity contribution >= 4 is 34.1 Å². The SMILES string of the molecule is CN1CCN(Cn2cc(/C=C/C(=O)c3cccs3)c3ccccc32)CC1. The molecule has 0 atom stereocenters. The average Bonchev–Trinajstić information content (AvgIpc) is 3.31. The van der Waals surface area contributed by atoms with Crippen LogP contribution in [0.1, 0.15) is 15.2 Å². The first-order valence-corrected chi connectivity index (χ1v) is 9.83. The molecule has 1 fully saturated rings. The molecule has 134 valence electrons. The van der Waals surface area contributed by atoms with Crippen molar-refractivity contribution in [3.8, 4) is 0 Å². The summed E-state index contributed by atoms with van der Waals surface area (Å²) < 4.78 is 2.30. The standard InChI is InChI=1S/C21H23N3OS/c1-22-10-12-23(13-11-22)16-24-15-17(18-5-2-3-6-19(18)24)8-9-20(25)21-7-4-14-26-21/h2-9,14-15H,10-13,16H2,1H3/b9-8+. The fourth-order valence-corrected chi connectivity index (χ4v) is 4.04. The van der Waals surface area contributed by atoms with Crippen LogP contribution in [0.4, 0.5) is 0 Å². The summed E-state index contributed by atoms with van der Waals surface area (Å²) in [5.74, 6) is 0.0656. The summed E-state index contributed by atoms with van der Waals surface area (Å²) in [6.45, 7) is 5.29. The van der Waals surface area contributed by atoms with Gasteiger partial charge in [-0.15, -0.1) is 11.3 Å². The van der Waals surface area contributed by atoms with Gasteiger partial charge in [0.2, 0.25) is 0 Å². The maximum absolute atomic E-state index is 12.3. The van der Waals surface area contributed by atoms with Crippen LogP contribution in [0.25, 0.3) is 17.0 Å². The summed E-state index contributed by atoms with van der Waals surface area (Å²) in [5, 5.41) is 3.13. The van der Waals surface area contributed by atoms with E-state index in [0.717, 1.165) is 43.3 Å². The van der Waals surface area contributed by atoms with Crippen LogP contribution >= 0.6 is 11.3 Å². The van der Waals surface area contributed by atoms with Gasteiger partial charge in [0, 0.05) is 48.8 Å². The summed E-state index contributed by atoms with van der Waals surface area (Å²) in [4.78, 5) is 17.9. The van der Waals surface area contributed by atoms with Crippen molar-refractivity contribution in [3.63, 3.8) is 0 Å². The highest BCUT2D eigenvalue weighted by Crippen LogP contribution is 2.23. The molecule has 1 aliphatic rings. The molecule has 3 aromatic rings. The van der Waals surface area contributed by atoms with Crippen molar-refractivity contribution in [2.75, 3.05) is 33.2 Å². The second kappa shape index (κ2) is 7.58. The van der Waals surface area contributed by atoms with E-state index in [0.29, 0.717) is 0 Å². The van der Waals surface area contributed by atoms with Crippen LogP contribution in [0, 0.1) is 0 Å². The highest BCUT2D eigenvalue weighted by atomic mass is 32.1. The second-order valence-corrected chi connectivity index (χ2v) is 7.76. The molecule has 1 aliphatic heterocycles. The molecule has 0 aliphatic carbocycles. The Morgan fingerprint density at radius 3 is 2.69 bits per heavy atom. The number of rotatable bonds is 5. The topological polar surface area (TPSA) is 28.5 Å². The first kappa shape index (κ1) is 17.2. The highest BCUT2D eigenvalue weighted by Gasteiger charge is 2.15. The van der Waals surface area contributed by atoms with E-state index in [1.807, 2.05) is 23.6 Å². The number of fused-ring (bicyclic) bond motifs is 1. The number of para-hydroxylation sites is 1. The Morgan fingerprint density at radius 1 is 1.12 bits per heavy atom. The average molecular weight is 366 g/mol. The number of benzene rings is 1. The number of likely N-dealkylation sites (N-methyl/N-ethyl adjacent to an activating group) is 1. The zero-order valence-electron chi connectivity index (χ0n) is 15.0. The summed E-state index contributed by atoms with van der Waals surface area (Å²) >= 11 is 1.48. The number of hydrogen-bond acceptors (Lipinski definition) is 4. The Morgan fingerprint density at radius 2 is 1.92 bits per heavy atom. The van der Waals surface area contributed by atoms with Crippen LogP contribution in [-0.2, 0) is 6.67 Å². The molecule has 0 unspecified atom stereocenters. The molecule has 3 heterocycles. The van der Waals surface area contributed by atoms with Crippen LogP contribution in [-0.4, -0.2) is 53.4 Å². The lowest BCUT2D eigenvalue weighted by Gasteiger charge is -2.32. The minimum atomic E-state index is 0.0656. The fourth-order valence-electron chi connectivity index (χ4n) is 3.40.